The maximum Gasteiger partial charge on any atom is 0.223 e. The van der Waals surface area contributed by atoms with E-state index in [9.17, 15) is 0 Å². The van der Waals surface area contributed by atoms with E-state index in [0.29, 0.717) is 11.9 Å². The van der Waals surface area contributed by atoms with Crippen molar-refractivity contribution in [3.05, 3.63) is 10.7 Å². The van der Waals surface area contributed by atoms with Crippen LogP contribution in [-0.4, -0.2) is 16.0 Å². The van der Waals surface area contributed by atoms with E-state index in [4.69, 9.17) is 22.6 Å². The third-order valence-corrected chi connectivity index (χ3v) is 2.19. The molecule has 0 saturated heterocycles. The van der Waals surface area contributed by atoms with Gasteiger partial charge >= 0.3 is 0 Å². The molecule has 3 N–H and O–H groups in total. The van der Waals surface area contributed by atoms with E-state index in [2.05, 4.69) is 15.3 Å². The van der Waals surface area contributed by atoms with Crippen molar-refractivity contribution in [3.8, 4) is 6.07 Å². The second-order valence-electron chi connectivity index (χ2n) is 3.13. The normalized spacial score (nSPS) is 14.9. The van der Waals surface area contributed by atoms with E-state index < -0.39 is 0 Å². The van der Waals surface area contributed by atoms with Crippen molar-refractivity contribution in [1.82, 2.24) is 9.97 Å². The summed E-state index contributed by atoms with van der Waals surface area (Å²) in [6, 6.07) is 2.35. The van der Waals surface area contributed by atoms with Gasteiger partial charge in [-0.2, -0.15) is 15.2 Å². The first kappa shape index (κ1) is 9.03. The van der Waals surface area contributed by atoms with Crippen LogP contribution in [0.15, 0.2) is 0 Å². The van der Waals surface area contributed by atoms with Crippen LogP contribution in [0, 0.1) is 11.3 Å². The third-order valence-electron chi connectivity index (χ3n) is 1.91. The molecule has 1 heterocycles. The van der Waals surface area contributed by atoms with Gasteiger partial charge in [-0.15, -0.1) is 0 Å². The molecule has 0 amide bonds. The first-order chi connectivity index (χ1) is 6.70. The fourth-order valence-corrected chi connectivity index (χ4v) is 1.29. The second kappa shape index (κ2) is 3.31. The molecule has 0 radical (unpaired) electrons. The Balaban J connectivity index is 2.39. The van der Waals surface area contributed by atoms with Crippen LogP contribution < -0.4 is 11.1 Å². The van der Waals surface area contributed by atoms with Crippen LogP contribution in [0.3, 0.4) is 0 Å². The van der Waals surface area contributed by atoms with E-state index >= 15 is 0 Å². The molecule has 1 aliphatic carbocycles. The first-order valence-electron chi connectivity index (χ1n) is 4.20. The van der Waals surface area contributed by atoms with Gasteiger partial charge in [0.25, 0.3) is 0 Å². The topological polar surface area (TPSA) is 87.6 Å². The summed E-state index contributed by atoms with van der Waals surface area (Å²) in [5.41, 5.74) is 5.68. The Kier molecular flexibility index (Phi) is 2.14. The summed E-state index contributed by atoms with van der Waals surface area (Å²) in [7, 11) is 0. The van der Waals surface area contributed by atoms with Crippen molar-refractivity contribution in [1.29, 1.82) is 5.26 Å². The van der Waals surface area contributed by atoms with Gasteiger partial charge in [-0.05, 0) is 12.8 Å². The number of anilines is 2. The van der Waals surface area contributed by atoms with Gasteiger partial charge in [0.15, 0.2) is 11.0 Å². The highest BCUT2D eigenvalue weighted by molar-refractivity contribution is 6.31. The summed E-state index contributed by atoms with van der Waals surface area (Å²) >= 11 is 5.75. The largest absolute Gasteiger partial charge is 0.368 e. The van der Waals surface area contributed by atoms with Crippen molar-refractivity contribution in [2.75, 3.05) is 11.1 Å². The van der Waals surface area contributed by atoms with Crippen LogP contribution >= 0.6 is 11.6 Å². The van der Waals surface area contributed by atoms with Crippen molar-refractivity contribution >= 4 is 23.4 Å². The lowest BCUT2D eigenvalue weighted by atomic mass is 10.3. The fourth-order valence-electron chi connectivity index (χ4n) is 1.07. The molecule has 0 aromatic carbocycles. The zero-order valence-corrected chi connectivity index (χ0v) is 8.04. The van der Waals surface area contributed by atoms with Crippen molar-refractivity contribution in [2.24, 2.45) is 0 Å². The predicted octanol–water partition coefficient (Wildman–Crippen LogP) is 1.16. The molecule has 1 aliphatic rings. The Bertz CT molecular complexity index is 407. The van der Waals surface area contributed by atoms with Gasteiger partial charge in [0.1, 0.15) is 11.6 Å². The molecule has 0 aliphatic heterocycles. The molecule has 1 aromatic rings. The van der Waals surface area contributed by atoms with Crippen molar-refractivity contribution < 1.29 is 0 Å². The summed E-state index contributed by atoms with van der Waals surface area (Å²) in [5, 5.41) is 12.0. The number of nitrogens with one attached hydrogen (secondary N) is 1. The summed E-state index contributed by atoms with van der Waals surface area (Å²) < 4.78 is 0. The molecule has 0 spiro atoms. The number of nitrogens with two attached hydrogens (primary N) is 1. The smallest absolute Gasteiger partial charge is 0.223 e. The highest BCUT2D eigenvalue weighted by atomic mass is 35.5. The van der Waals surface area contributed by atoms with Crippen LogP contribution in [0.25, 0.3) is 0 Å². The zero-order valence-electron chi connectivity index (χ0n) is 7.29. The number of aromatic nitrogens is 2. The summed E-state index contributed by atoms with van der Waals surface area (Å²) in [4.78, 5) is 7.64. The Morgan fingerprint density at radius 2 is 2.21 bits per heavy atom. The van der Waals surface area contributed by atoms with E-state index in [1.807, 2.05) is 6.07 Å². The monoisotopic (exact) mass is 209 g/mol. The summed E-state index contributed by atoms with van der Waals surface area (Å²) in [5.74, 6) is 0.518. The molecule has 0 unspecified atom stereocenters. The predicted molar refractivity (Wildman–Crippen MR) is 52.8 cm³/mol. The lowest BCUT2D eigenvalue weighted by Gasteiger charge is -2.06. The van der Waals surface area contributed by atoms with Crippen LogP contribution in [0.4, 0.5) is 11.8 Å². The number of nitriles is 1. The Labute approximate surface area is 85.9 Å². The molecule has 1 fully saturated rings. The molecule has 2 rings (SSSR count). The van der Waals surface area contributed by atoms with Crippen molar-refractivity contribution in [3.63, 3.8) is 0 Å². The Morgan fingerprint density at radius 3 is 2.79 bits per heavy atom. The number of hydrogen-bond donors (Lipinski definition) is 2. The van der Waals surface area contributed by atoms with Gasteiger partial charge in [-0.3, -0.25) is 0 Å². The SMILES string of the molecule is N#Cc1c(Cl)nc(N)nc1NC1CC1. The first-order valence-corrected chi connectivity index (χ1v) is 4.58. The highest BCUT2D eigenvalue weighted by Gasteiger charge is 2.23. The van der Waals surface area contributed by atoms with Gasteiger partial charge in [-0.25, -0.2) is 0 Å². The zero-order chi connectivity index (χ0) is 10.1. The van der Waals surface area contributed by atoms with Gasteiger partial charge in [0, 0.05) is 6.04 Å². The lowest BCUT2D eigenvalue weighted by molar-refractivity contribution is 1.08. The number of nitrogen functional groups attached to an aromatic ring is 1. The molecular formula is C8H8ClN5. The molecule has 14 heavy (non-hydrogen) atoms. The van der Waals surface area contributed by atoms with Gasteiger partial charge < -0.3 is 11.1 Å². The minimum Gasteiger partial charge on any atom is -0.368 e. The molecule has 6 heteroatoms. The lowest BCUT2D eigenvalue weighted by Crippen LogP contribution is -2.08. The molecule has 72 valence electrons. The van der Waals surface area contributed by atoms with Crippen molar-refractivity contribution in [2.45, 2.75) is 18.9 Å². The van der Waals surface area contributed by atoms with Crippen LogP contribution in [0.1, 0.15) is 18.4 Å². The Hall–Kier alpha value is -1.54. The van der Waals surface area contributed by atoms with E-state index in [1.54, 1.807) is 0 Å². The summed E-state index contributed by atoms with van der Waals surface area (Å²) in [6.45, 7) is 0. The van der Waals surface area contributed by atoms with E-state index in [-0.39, 0.29) is 16.7 Å². The quantitative estimate of drug-likeness (QED) is 0.714. The molecule has 1 saturated carbocycles. The standard InChI is InChI=1S/C8H8ClN5/c9-6-5(3-10)7(12-4-1-2-4)14-8(11)13-6/h4H,1-2H2,(H3,11,12,13,14). The highest BCUT2D eigenvalue weighted by Crippen LogP contribution is 2.27. The molecule has 5 nitrogen and oxygen atoms in total. The maximum atomic E-state index is 8.83. The number of halogens is 1. The average molecular weight is 210 g/mol. The van der Waals surface area contributed by atoms with Gasteiger partial charge in [0.2, 0.25) is 5.95 Å². The minimum atomic E-state index is 0.0807. The van der Waals surface area contributed by atoms with E-state index in [0.717, 1.165) is 12.8 Å². The fraction of sp³-hybridized carbons (Fsp3) is 0.375. The number of hydrogen-bond acceptors (Lipinski definition) is 5. The average Bonchev–Trinajstić information content (AvgIpc) is 2.87. The number of nitrogens with zero attached hydrogens (tertiary/aromatic N) is 3. The number of rotatable bonds is 2. The van der Waals surface area contributed by atoms with Gasteiger partial charge in [-0.1, -0.05) is 11.6 Å². The van der Waals surface area contributed by atoms with Crippen LogP contribution in [-0.2, 0) is 0 Å². The van der Waals surface area contributed by atoms with E-state index in [1.165, 1.54) is 0 Å². The minimum absolute atomic E-state index is 0.0807. The Morgan fingerprint density at radius 1 is 1.50 bits per heavy atom. The molecule has 0 bridgehead atoms. The molecule has 1 aromatic heterocycles. The van der Waals surface area contributed by atoms with Gasteiger partial charge in [0.05, 0.1) is 0 Å². The summed E-state index contributed by atoms with van der Waals surface area (Å²) in [6.07, 6.45) is 2.18. The van der Waals surface area contributed by atoms with Crippen LogP contribution in [0.5, 0.6) is 0 Å². The molecule has 0 atom stereocenters. The maximum absolute atomic E-state index is 8.83. The second-order valence-corrected chi connectivity index (χ2v) is 3.48. The van der Waals surface area contributed by atoms with Crippen LogP contribution in [0.2, 0.25) is 5.15 Å². The molecular weight excluding hydrogens is 202 g/mol. The third kappa shape index (κ3) is 1.70.